The van der Waals surface area contributed by atoms with Crippen molar-refractivity contribution < 1.29 is 19.1 Å². The van der Waals surface area contributed by atoms with Crippen molar-refractivity contribution in [3.63, 3.8) is 0 Å². The molecule has 3 rings (SSSR count). The molecule has 0 spiro atoms. The number of aromatic nitrogens is 1. The molecule has 1 aromatic carbocycles. The molecule has 8 nitrogen and oxygen atoms in total. The monoisotopic (exact) mass is 368 g/mol. The molecule has 0 bridgehead atoms. The summed E-state index contributed by atoms with van der Waals surface area (Å²) in [7, 11) is 0. The summed E-state index contributed by atoms with van der Waals surface area (Å²) in [4.78, 5) is 41.2. The maximum absolute atomic E-state index is 12.2. The first-order chi connectivity index (χ1) is 13.1. The highest BCUT2D eigenvalue weighted by molar-refractivity contribution is 5.95. The SMILES string of the molecule is O=C(COCC(=O)N1CCc2ccccc2C1)NNC(=O)c1cccnc1. The Kier molecular flexibility index (Phi) is 6.11. The van der Waals surface area contributed by atoms with Gasteiger partial charge in [-0.05, 0) is 29.7 Å². The van der Waals surface area contributed by atoms with Crippen molar-refractivity contribution in [1.29, 1.82) is 0 Å². The number of rotatable bonds is 5. The fourth-order valence-electron chi connectivity index (χ4n) is 2.76. The second-order valence-corrected chi connectivity index (χ2v) is 6.07. The molecule has 0 saturated heterocycles. The van der Waals surface area contributed by atoms with Crippen LogP contribution in [0.2, 0.25) is 0 Å². The number of benzene rings is 1. The van der Waals surface area contributed by atoms with Crippen LogP contribution in [0.1, 0.15) is 21.5 Å². The van der Waals surface area contributed by atoms with Gasteiger partial charge >= 0.3 is 0 Å². The lowest BCUT2D eigenvalue weighted by atomic mass is 10.00. The highest BCUT2D eigenvalue weighted by Gasteiger charge is 2.20. The van der Waals surface area contributed by atoms with Crippen LogP contribution in [0.3, 0.4) is 0 Å². The molecule has 1 aromatic heterocycles. The lowest BCUT2D eigenvalue weighted by Crippen LogP contribution is -2.44. The molecule has 8 heteroatoms. The van der Waals surface area contributed by atoms with E-state index in [4.69, 9.17) is 4.74 Å². The largest absolute Gasteiger partial charge is 0.362 e. The van der Waals surface area contributed by atoms with Crippen LogP contribution in [0.15, 0.2) is 48.8 Å². The van der Waals surface area contributed by atoms with Crippen molar-refractivity contribution >= 4 is 17.7 Å². The summed E-state index contributed by atoms with van der Waals surface area (Å²) in [5.74, 6) is -1.21. The third-order valence-electron chi connectivity index (χ3n) is 4.18. The average molecular weight is 368 g/mol. The quantitative estimate of drug-likeness (QED) is 0.746. The summed E-state index contributed by atoms with van der Waals surface area (Å²) in [6, 6.07) is 11.2. The van der Waals surface area contributed by atoms with E-state index in [0.717, 1.165) is 12.0 Å². The van der Waals surface area contributed by atoms with Crippen LogP contribution in [-0.2, 0) is 27.3 Å². The highest BCUT2D eigenvalue weighted by atomic mass is 16.5. The third kappa shape index (κ3) is 5.11. The summed E-state index contributed by atoms with van der Waals surface area (Å²) in [5.41, 5.74) is 7.20. The lowest BCUT2D eigenvalue weighted by molar-refractivity contribution is -0.139. The van der Waals surface area contributed by atoms with E-state index < -0.39 is 11.8 Å². The first kappa shape index (κ1) is 18.5. The molecule has 2 aromatic rings. The van der Waals surface area contributed by atoms with Crippen molar-refractivity contribution in [3.8, 4) is 0 Å². The number of hydrazine groups is 1. The zero-order valence-electron chi connectivity index (χ0n) is 14.7. The van der Waals surface area contributed by atoms with Crippen LogP contribution >= 0.6 is 0 Å². The second kappa shape index (κ2) is 8.91. The molecule has 0 fully saturated rings. The fraction of sp³-hybridized carbons (Fsp3) is 0.263. The molecule has 1 aliphatic rings. The number of pyridine rings is 1. The zero-order chi connectivity index (χ0) is 19.1. The van der Waals surface area contributed by atoms with E-state index in [2.05, 4.69) is 21.9 Å². The lowest BCUT2D eigenvalue weighted by Gasteiger charge is -2.28. The smallest absolute Gasteiger partial charge is 0.271 e. The van der Waals surface area contributed by atoms with Crippen molar-refractivity contribution in [1.82, 2.24) is 20.7 Å². The minimum absolute atomic E-state index is 0.170. The molecule has 0 aliphatic carbocycles. The molecule has 1 aliphatic heterocycles. The summed E-state index contributed by atoms with van der Waals surface area (Å²) >= 11 is 0. The van der Waals surface area contributed by atoms with Gasteiger partial charge in [0, 0.05) is 25.5 Å². The Bertz CT molecular complexity index is 825. The molecule has 2 N–H and O–H groups in total. The van der Waals surface area contributed by atoms with E-state index in [-0.39, 0.29) is 19.1 Å². The minimum Gasteiger partial charge on any atom is -0.362 e. The number of carbonyl (C=O) groups excluding carboxylic acids is 3. The number of carbonyl (C=O) groups is 3. The maximum Gasteiger partial charge on any atom is 0.271 e. The third-order valence-corrected chi connectivity index (χ3v) is 4.18. The zero-order valence-corrected chi connectivity index (χ0v) is 14.7. The van der Waals surface area contributed by atoms with E-state index in [1.807, 2.05) is 18.2 Å². The average Bonchev–Trinajstić information content (AvgIpc) is 2.72. The Morgan fingerprint density at radius 1 is 1.04 bits per heavy atom. The van der Waals surface area contributed by atoms with Crippen molar-refractivity contribution in [2.24, 2.45) is 0 Å². The van der Waals surface area contributed by atoms with Gasteiger partial charge in [-0.15, -0.1) is 0 Å². The summed E-state index contributed by atoms with van der Waals surface area (Å²) in [5, 5.41) is 0. The molecule has 3 amide bonds. The van der Waals surface area contributed by atoms with Crippen molar-refractivity contribution in [2.45, 2.75) is 13.0 Å². The number of nitrogens with one attached hydrogen (secondary N) is 2. The minimum atomic E-state index is -0.552. The Morgan fingerprint density at radius 2 is 1.85 bits per heavy atom. The second-order valence-electron chi connectivity index (χ2n) is 6.07. The van der Waals surface area contributed by atoms with E-state index in [9.17, 15) is 14.4 Å². The van der Waals surface area contributed by atoms with E-state index in [0.29, 0.717) is 18.7 Å². The van der Waals surface area contributed by atoms with Gasteiger partial charge in [-0.3, -0.25) is 30.2 Å². The summed E-state index contributed by atoms with van der Waals surface area (Å²) in [6.45, 7) is 0.661. The van der Waals surface area contributed by atoms with Gasteiger partial charge in [0.2, 0.25) is 5.91 Å². The molecular formula is C19H20N4O4. The molecule has 2 heterocycles. The summed E-state index contributed by atoms with van der Waals surface area (Å²) in [6.07, 6.45) is 3.73. The Labute approximate surface area is 156 Å². The number of ether oxygens (including phenoxy) is 1. The predicted octanol–water partition coefficient (Wildman–Crippen LogP) is 0.444. The number of hydrogen-bond acceptors (Lipinski definition) is 5. The van der Waals surface area contributed by atoms with Crippen LogP contribution in [0.5, 0.6) is 0 Å². The molecule has 0 radical (unpaired) electrons. The molecular weight excluding hydrogens is 348 g/mol. The first-order valence-corrected chi connectivity index (χ1v) is 8.55. The maximum atomic E-state index is 12.2. The molecule has 0 saturated carbocycles. The van der Waals surface area contributed by atoms with Gasteiger partial charge < -0.3 is 9.64 Å². The van der Waals surface area contributed by atoms with Gasteiger partial charge in [0.25, 0.3) is 11.8 Å². The van der Waals surface area contributed by atoms with Crippen LogP contribution in [-0.4, -0.2) is 47.4 Å². The fourth-order valence-corrected chi connectivity index (χ4v) is 2.76. The van der Waals surface area contributed by atoms with Gasteiger partial charge in [0.1, 0.15) is 13.2 Å². The van der Waals surface area contributed by atoms with Crippen LogP contribution in [0.4, 0.5) is 0 Å². The normalized spacial score (nSPS) is 12.8. The first-order valence-electron chi connectivity index (χ1n) is 8.55. The van der Waals surface area contributed by atoms with Crippen molar-refractivity contribution in [3.05, 3.63) is 65.5 Å². The van der Waals surface area contributed by atoms with Crippen LogP contribution < -0.4 is 10.9 Å². The molecule has 27 heavy (non-hydrogen) atoms. The van der Waals surface area contributed by atoms with Crippen LogP contribution in [0.25, 0.3) is 0 Å². The standard InChI is InChI=1S/C19H20N4O4/c24-17(21-22-19(26)15-6-3-8-20-10-15)12-27-13-18(25)23-9-7-14-4-1-2-5-16(14)11-23/h1-6,8,10H,7,9,11-13H2,(H,21,24)(H,22,26). The highest BCUT2D eigenvalue weighted by Crippen LogP contribution is 2.18. The van der Waals surface area contributed by atoms with Gasteiger partial charge in [0.05, 0.1) is 5.56 Å². The van der Waals surface area contributed by atoms with Crippen LogP contribution in [0, 0.1) is 0 Å². The van der Waals surface area contributed by atoms with Gasteiger partial charge in [-0.25, -0.2) is 0 Å². The van der Waals surface area contributed by atoms with Gasteiger partial charge in [-0.1, -0.05) is 24.3 Å². The number of fused-ring (bicyclic) bond motifs is 1. The van der Waals surface area contributed by atoms with Gasteiger partial charge in [0.15, 0.2) is 0 Å². The number of amides is 3. The van der Waals surface area contributed by atoms with E-state index in [1.54, 1.807) is 23.2 Å². The Balaban J connectivity index is 1.36. The van der Waals surface area contributed by atoms with Crippen molar-refractivity contribution in [2.75, 3.05) is 19.8 Å². The number of hydrogen-bond donors (Lipinski definition) is 2. The summed E-state index contributed by atoms with van der Waals surface area (Å²) < 4.78 is 5.17. The molecule has 0 atom stereocenters. The van der Waals surface area contributed by atoms with E-state index >= 15 is 0 Å². The molecule has 140 valence electrons. The van der Waals surface area contributed by atoms with Gasteiger partial charge in [-0.2, -0.15) is 0 Å². The Hall–Kier alpha value is -3.26. The Morgan fingerprint density at radius 3 is 2.63 bits per heavy atom. The predicted molar refractivity (Wildman–Crippen MR) is 96.2 cm³/mol. The van der Waals surface area contributed by atoms with E-state index in [1.165, 1.54) is 11.8 Å². The number of nitrogens with zero attached hydrogens (tertiary/aromatic N) is 2. The molecule has 0 unspecified atom stereocenters. The topological polar surface area (TPSA) is 101 Å².